The number of ether oxygens (including phenoxy) is 1. The first kappa shape index (κ1) is 18.3. The molecule has 1 aromatic heterocycles. The maximum absolute atomic E-state index is 13.3. The fourth-order valence-electron chi connectivity index (χ4n) is 5.56. The molecule has 1 aromatic carbocycles. The van der Waals surface area contributed by atoms with E-state index in [1.54, 1.807) is 12.1 Å². The Morgan fingerprint density at radius 2 is 2.10 bits per heavy atom. The molecule has 3 aliphatic carbocycles. The van der Waals surface area contributed by atoms with Crippen molar-refractivity contribution in [3.05, 3.63) is 64.8 Å². The summed E-state index contributed by atoms with van der Waals surface area (Å²) in [6, 6.07) is 6.48. The summed E-state index contributed by atoms with van der Waals surface area (Å²) in [5.74, 6) is 0.110. The number of rotatable bonds is 2. The van der Waals surface area contributed by atoms with Crippen molar-refractivity contribution in [2.24, 2.45) is 17.3 Å². The van der Waals surface area contributed by atoms with Crippen molar-refractivity contribution in [1.82, 2.24) is 9.78 Å². The molecule has 0 aliphatic heterocycles. The summed E-state index contributed by atoms with van der Waals surface area (Å²) < 4.78 is 20.2. The molecule has 1 heterocycles. The standard InChI is InChI=1S/C24H25FN2O2/c1-24-13-17-14-26-27(20-8-6-19(25)7-9-20)22(17)12-18(24)5-3-15-11-16(23(28)29-2)4-10-21(15)24/h6-10,12,14-16H,3-5,11,13H2,1-2H3/t15?,16?,24-/m0/s1. The van der Waals surface area contributed by atoms with Crippen molar-refractivity contribution in [3.63, 3.8) is 0 Å². The van der Waals surface area contributed by atoms with E-state index < -0.39 is 0 Å². The fourth-order valence-corrected chi connectivity index (χ4v) is 5.56. The highest BCUT2D eigenvalue weighted by molar-refractivity contribution is 5.73. The summed E-state index contributed by atoms with van der Waals surface area (Å²) in [5.41, 5.74) is 6.11. The summed E-state index contributed by atoms with van der Waals surface area (Å²) in [7, 11) is 1.48. The highest BCUT2D eigenvalue weighted by Crippen LogP contribution is 2.55. The van der Waals surface area contributed by atoms with Gasteiger partial charge in [-0.1, -0.05) is 24.1 Å². The Labute approximate surface area is 170 Å². The summed E-state index contributed by atoms with van der Waals surface area (Å²) in [6.07, 6.45) is 11.2. The largest absolute Gasteiger partial charge is 0.469 e. The molecule has 0 bridgehead atoms. The molecule has 2 aromatic rings. The van der Waals surface area contributed by atoms with Gasteiger partial charge in [-0.25, -0.2) is 9.07 Å². The van der Waals surface area contributed by atoms with E-state index in [2.05, 4.69) is 24.2 Å². The molecule has 4 nitrogen and oxygen atoms in total. The minimum absolute atomic E-state index is 0.00628. The van der Waals surface area contributed by atoms with Gasteiger partial charge in [0.05, 0.1) is 30.6 Å². The normalized spacial score (nSPS) is 27.8. The number of hydrogen-bond donors (Lipinski definition) is 0. The molecule has 5 heteroatoms. The quantitative estimate of drug-likeness (QED) is 0.541. The van der Waals surface area contributed by atoms with Crippen molar-refractivity contribution in [2.75, 3.05) is 7.11 Å². The van der Waals surface area contributed by atoms with Gasteiger partial charge in [0.15, 0.2) is 0 Å². The zero-order valence-corrected chi connectivity index (χ0v) is 16.8. The van der Waals surface area contributed by atoms with Crippen LogP contribution >= 0.6 is 0 Å². The number of carbonyl (C=O) groups excluding carboxylic acids is 1. The Morgan fingerprint density at radius 3 is 2.86 bits per heavy atom. The lowest BCUT2D eigenvalue weighted by molar-refractivity contribution is -0.146. The van der Waals surface area contributed by atoms with Crippen LogP contribution in [0.4, 0.5) is 4.39 Å². The van der Waals surface area contributed by atoms with Gasteiger partial charge in [0.1, 0.15) is 5.82 Å². The van der Waals surface area contributed by atoms with Gasteiger partial charge in [-0.05, 0) is 73.9 Å². The number of halogens is 1. The van der Waals surface area contributed by atoms with Crippen molar-refractivity contribution in [1.29, 1.82) is 0 Å². The molecular formula is C24H25FN2O2. The third-order valence-corrected chi connectivity index (χ3v) is 7.09. The predicted molar refractivity (Wildman–Crippen MR) is 109 cm³/mol. The van der Waals surface area contributed by atoms with Crippen LogP contribution in [0, 0.1) is 23.1 Å². The number of carbonyl (C=O) groups is 1. The second-order valence-corrected chi connectivity index (χ2v) is 8.71. The highest BCUT2D eigenvalue weighted by atomic mass is 19.1. The van der Waals surface area contributed by atoms with Gasteiger partial charge in [0, 0.05) is 5.41 Å². The first-order valence-corrected chi connectivity index (χ1v) is 10.3. The number of esters is 1. The summed E-state index contributed by atoms with van der Waals surface area (Å²) >= 11 is 0. The summed E-state index contributed by atoms with van der Waals surface area (Å²) in [4.78, 5) is 12.0. The van der Waals surface area contributed by atoms with Crippen LogP contribution in [-0.2, 0) is 16.0 Å². The van der Waals surface area contributed by atoms with E-state index in [4.69, 9.17) is 4.74 Å². The highest BCUT2D eigenvalue weighted by Gasteiger charge is 2.46. The van der Waals surface area contributed by atoms with E-state index >= 15 is 0 Å². The van der Waals surface area contributed by atoms with Crippen LogP contribution in [0.3, 0.4) is 0 Å². The van der Waals surface area contributed by atoms with Crippen LogP contribution in [0.15, 0.2) is 47.7 Å². The Balaban J connectivity index is 1.50. The molecule has 0 saturated heterocycles. The average molecular weight is 392 g/mol. The van der Waals surface area contributed by atoms with E-state index in [1.165, 1.54) is 36.0 Å². The molecule has 0 N–H and O–H groups in total. The third kappa shape index (κ3) is 2.86. The molecule has 3 atom stereocenters. The van der Waals surface area contributed by atoms with Gasteiger partial charge in [-0.15, -0.1) is 0 Å². The fraction of sp³-hybridized carbons (Fsp3) is 0.417. The molecule has 29 heavy (non-hydrogen) atoms. The molecule has 2 unspecified atom stereocenters. The topological polar surface area (TPSA) is 44.1 Å². The van der Waals surface area contributed by atoms with Crippen LogP contribution in [0.2, 0.25) is 0 Å². The Bertz CT molecular complexity index is 1030. The zero-order valence-electron chi connectivity index (χ0n) is 16.8. The van der Waals surface area contributed by atoms with E-state index in [0.717, 1.165) is 43.5 Å². The van der Waals surface area contributed by atoms with Crippen LogP contribution < -0.4 is 0 Å². The van der Waals surface area contributed by atoms with E-state index in [0.29, 0.717) is 5.92 Å². The lowest BCUT2D eigenvalue weighted by Gasteiger charge is -2.47. The van der Waals surface area contributed by atoms with Crippen LogP contribution in [-0.4, -0.2) is 22.9 Å². The average Bonchev–Trinajstić information content (AvgIpc) is 3.13. The molecule has 1 fully saturated rings. The third-order valence-electron chi connectivity index (χ3n) is 7.09. The van der Waals surface area contributed by atoms with Gasteiger partial charge in [-0.3, -0.25) is 4.79 Å². The van der Waals surface area contributed by atoms with Gasteiger partial charge in [-0.2, -0.15) is 5.10 Å². The number of allylic oxidation sites excluding steroid dienone is 3. The van der Waals surface area contributed by atoms with Crippen molar-refractivity contribution >= 4 is 12.0 Å². The summed E-state index contributed by atoms with van der Waals surface area (Å²) in [5, 5.41) is 4.61. The maximum Gasteiger partial charge on any atom is 0.308 e. The van der Waals surface area contributed by atoms with Crippen LogP contribution in [0.5, 0.6) is 0 Å². The Morgan fingerprint density at radius 1 is 1.31 bits per heavy atom. The molecule has 3 aliphatic rings. The number of hydrogen-bond acceptors (Lipinski definition) is 3. The number of aromatic nitrogens is 2. The Kier molecular flexibility index (Phi) is 4.23. The lowest BCUT2D eigenvalue weighted by Crippen LogP contribution is -2.38. The molecule has 0 amide bonds. The Hall–Kier alpha value is -2.69. The molecule has 1 saturated carbocycles. The van der Waals surface area contributed by atoms with E-state index in [9.17, 15) is 9.18 Å². The maximum atomic E-state index is 13.3. The van der Waals surface area contributed by atoms with Gasteiger partial charge >= 0.3 is 5.97 Å². The number of nitrogens with zero attached hydrogens (tertiary/aromatic N) is 2. The van der Waals surface area contributed by atoms with E-state index in [-0.39, 0.29) is 23.1 Å². The molecule has 0 spiro atoms. The first-order valence-electron chi connectivity index (χ1n) is 10.3. The molecule has 0 radical (unpaired) electrons. The van der Waals surface area contributed by atoms with Gasteiger partial charge in [0.25, 0.3) is 0 Å². The second-order valence-electron chi connectivity index (χ2n) is 8.71. The van der Waals surface area contributed by atoms with Crippen molar-refractivity contribution in [2.45, 2.75) is 39.0 Å². The monoisotopic (exact) mass is 392 g/mol. The smallest absolute Gasteiger partial charge is 0.308 e. The number of benzene rings is 1. The van der Waals surface area contributed by atoms with Gasteiger partial charge in [0.2, 0.25) is 0 Å². The molecular weight excluding hydrogens is 367 g/mol. The van der Waals surface area contributed by atoms with Crippen molar-refractivity contribution < 1.29 is 13.9 Å². The predicted octanol–water partition coefficient (Wildman–Crippen LogP) is 4.88. The van der Waals surface area contributed by atoms with Gasteiger partial charge < -0.3 is 4.74 Å². The number of methoxy groups -OCH3 is 1. The summed E-state index contributed by atoms with van der Waals surface area (Å²) in [6.45, 7) is 2.34. The second kappa shape index (κ2) is 6.68. The zero-order chi connectivity index (χ0) is 20.2. The molecule has 150 valence electrons. The number of fused-ring (bicyclic) bond motifs is 4. The molecule has 5 rings (SSSR count). The first-order chi connectivity index (χ1) is 14.0. The minimum atomic E-state index is -0.242. The SMILES string of the molecule is COC(=O)C1CC=C2C(CCC3=Cc4c(cnn4-c4ccc(F)cc4)C[C@@]32C)C1. The van der Waals surface area contributed by atoms with E-state index in [1.807, 2.05) is 10.9 Å². The van der Waals surface area contributed by atoms with Crippen molar-refractivity contribution in [3.8, 4) is 5.69 Å². The van der Waals surface area contributed by atoms with Crippen LogP contribution in [0.1, 0.15) is 43.9 Å². The lowest BCUT2D eigenvalue weighted by atomic mass is 9.56. The van der Waals surface area contributed by atoms with Crippen LogP contribution in [0.25, 0.3) is 11.8 Å². The minimum Gasteiger partial charge on any atom is -0.469 e.